The molecule has 2 atom stereocenters. The van der Waals surface area contributed by atoms with E-state index in [1.165, 1.54) is 10.6 Å². The van der Waals surface area contributed by atoms with Gasteiger partial charge in [0.25, 0.3) is 11.5 Å². The molecule has 2 aromatic heterocycles. The van der Waals surface area contributed by atoms with Crippen molar-refractivity contribution in [3.05, 3.63) is 27.9 Å². The topological polar surface area (TPSA) is 61.7 Å². The van der Waals surface area contributed by atoms with E-state index in [0.717, 1.165) is 32.1 Å². The number of amides is 1. The molecule has 0 bridgehead atoms. The van der Waals surface area contributed by atoms with Crippen molar-refractivity contribution >= 4 is 28.3 Å². The molecular formula is C23H30FN5O2. The predicted molar refractivity (Wildman–Crippen MR) is 119 cm³/mol. The molecule has 166 valence electrons. The lowest BCUT2D eigenvalue weighted by Crippen LogP contribution is -2.66. The molecule has 7 nitrogen and oxygen atoms in total. The minimum atomic E-state index is -0.395. The number of hydrogen-bond acceptors (Lipinski definition) is 5. The van der Waals surface area contributed by atoms with Crippen molar-refractivity contribution in [3.63, 3.8) is 0 Å². The Hall–Kier alpha value is -2.48. The van der Waals surface area contributed by atoms with Gasteiger partial charge in [-0.15, -0.1) is 0 Å². The molecule has 31 heavy (non-hydrogen) atoms. The van der Waals surface area contributed by atoms with Crippen molar-refractivity contribution in [2.45, 2.75) is 64.1 Å². The summed E-state index contributed by atoms with van der Waals surface area (Å²) >= 11 is 0. The zero-order valence-electron chi connectivity index (χ0n) is 18.7. The third-order valence-corrected chi connectivity index (χ3v) is 7.48. The maximum Gasteiger partial charge on any atom is 0.278 e. The Balaban J connectivity index is 1.83. The first-order valence-electron chi connectivity index (χ1n) is 11.3. The lowest BCUT2D eigenvalue weighted by molar-refractivity contribution is -0.122. The summed E-state index contributed by atoms with van der Waals surface area (Å²) in [5.74, 6) is -0.400. The molecule has 0 spiro atoms. The Morgan fingerprint density at radius 3 is 2.48 bits per heavy atom. The number of fused-ring (bicyclic) bond motifs is 5. The highest BCUT2D eigenvalue weighted by molar-refractivity contribution is 6.11. The van der Waals surface area contributed by atoms with E-state index in [9.17, 15) is 14.0 Å². The van der Waals surface area contributed by atoms with Crippen molar-refractivity contribution in [3.8, 4) is 0 Å². The van der Waals surface area contributed by atoms with E-state index in [1.54, 1.807) is 18.9 Å². The number of carbonyl (C=O) groups excluding carboxylic acids is 1. The highest BCUT2D eigenvalue weighted by Gasteiger charge is 2.47. The van der Waals surface area contributed by atoms with Crippen LogP contribution in [0.25, 0.3) is 11.0 Å². The summed E-state index contributed by atoms with van der Waals surface area (Å²) in [5.41, 5.74) is 1.59. The van der Waals surface area contributed by atoms with Gasteiger partial charge >= 0.3 is 0 Å². The predicted octanol–water partition coefficient (Wildman–Crippen LogP) is 2.57. The van der Waals surface area contributed by atoms with Gasteiger partial charge < -0.3 is 9.80 Å². The van der Waals surface area contributed by atoms with Crippen LogP contribution >= 0.6 is 0 Å². The van der Waals surface area contributed by atoms with Crippen LogP contribution in [0.2, 0.25) is 0 Å². The van der Waals surface area contributed by atoms with E-state index in [-0.39, 0.29) is 35.3 Å². The van der Waals surface area contributed by atoms with Crippen molar-refractivity contribution < 1.29 is 9.18 Å². The van der Waals surface area contributed by atoms with Crippen LogP contribution in [0.4, 0.5) is 15.8 Å². The Bertz CT molecular complexity index is 1120. The Morgan fingerprint density at radius 1 is 1.06 bits per heavy atom. The van der Waals surface area contributed by atoms with Crippen LogP contribution in [-0.4, -0.2) is 58.6 Å². The average Bonchev–Trinajstić information content (AvgIpc) is 2.75. The second-order valence-electron chi connectivity index (χ2n) is 9.44. The van der Waals surface area contributed by atoms with Crippen LogP contribution < -0.4 is 15.4 Å². The van der Waals surface area contributed by atoms with E-state index in [1.807, 2.05) is 11.9 Å². The number of halogens is 1. The summed E-state index contributed by atoms with van der Waals surface area (Å²) in [6, 6.07) is 1.33. The zero-order chi connectivity index (χ0) is 22.0. The molecule has 2 fully saturated rings. The van der Waals surface area contributed by atoms with E-state index in [2.05, 4.69) is 16.8 Å². The molecule has 8 heteroatoms. The summed E-state index contributed by atoms with van der Waals surface area (Å²) in [5, 5.41) is 0.607. The molecule has 1 amide bonds. The molecule has 5 rings (SSSR count). The van der Waals surface area contributed by atoms with Crippen molar-refractivity contribution in [2.75, 3.05) is 29.9 Å². The third-order valence-electron chi connectivity index (χ3n) is 7.48. The van der Waals surface area contributed by atoms with Gasteiger partial charge in [0.15, 0.2) is 0 Å². The van der Waals surface area contributed by atoms with Crippen LogP contribution in [0.15, 0.2) is 10.9 Å². The molecule has 4 heterocycles. The summed E-state index contributed by atoms with van der Waals surface area (Å²) in [6.45, 7) is 4.91. The van der Waals surface area contributed by atoms with Gasteiger partial charge in [0.05, 0.1) is 11.4 Å². The highest BCUT2D eigenvalue weighted by Crippen LogP contribution is 2.43. The molecule has 0 N–H and O–H groups in total. The molecule has 3 aliphatic rings. The lowest BCUT2D eigenvalue weighted by atomic mass is 9.90. The molecule has 2 unspecified atom stereocenters. The van der Waals surface area contributed by atoms with Gasteiger partial charge in [0.2, 0.25) is 0 Å². The van der Waals surface area contributed by atoms with Gasteiger partial charge in [0, 0.05) is 37.6 Å². The largest absolute Gasteiger partial charge is 0.354 e. The normalized spacial score (nSPS) is 25.1. The fourth-order valence-corrected chi connectivity index (χ4v) is 5.52. The van der Waals surface area contributed by atoms with Crippen LogP contribution in [0, 0.1) is 12.7 Å². The summed E-state index contributed by atoms with van der Waals surface area (Å²) in [6.07, 6.45) is 5.06. The van der Waals surface area contributed by atoms with Crippen LogP contribution in [0.1, 0.15) is 44.7 Å². The van der Waals surface area contributed by atoms with E-state index in [0.29, 0.717) is 35.5 Å². The molecule has 0 aromatic carbocycles. The van der Waals surface area contributed by atoms with Crippen molar-refractivity contribution in [1.82, 2.24) is 14.5 Å². The molecule has 1 aliphatic carbocycles. The van der Waals surface area contributed by atoms with Crippen molar-refractivity contribution in [2.24, 2.45) is 7.05 Å². The van der Waals surface area contributed by atoms with E-state index in [4.69, 9.17) is 0 Å². The molecule has 1 saturated carbocycles. The highest BCUT2D eigenvalue weighted by atomic mass is 19.1. The second kappa shape index (κ2) is 7.29. The Labute approximate surface area is 181 Å². The molecule has 2 aromatic rings. The van der Waals surface area contributed by atoms with Crippen LogP contribution in [-0.2, 0) is 11.8 Å². The summed E-state index contributed by atoms with van der Waals surface area (Å²) in [7, 11) is 3.69. The number of rotatable bonds is 1. The fraction of sp³-hybridized carbons (Fsp3) is 0.609. The number of likely N-dealkylation sites (N-methyl/N-ethyl adjacent to an activating group) is 1. The van der Waals surface area contributed by atoms with Gasteiger partial charge in [-0.05, 0) is 39.8 Å². The second-order valence-corrected chi connectivity index (χ2v) is 9.44. The molecule has 0 radical (unpaired) electrons. The number of pyridine rings is 2. The Morgan fingerprint density at radius 2 is 1.77 bits per heavy atom. The number of aromatic nitrogens is 2. The number of nitrogens with zero attached hydrogens (tertiary/aromatic N) is 5. The van der Waals surface area contributed by atoms with Gasteiger partial charge in [-0.2, -0.15) is 0 Å². The van der Waals surface area contributed by atoms with Crippen molar-refractivity contribution in [1.29, 1.82) is 0 Å². The minimum Gasteiger partial charge on any atom is -0.354 e. The van der Waals surface area contributed by atoms with Gasteiger partial charge in [-0.3, -0.25) is 19.1 Å². The third kappa shape index (κ3) is 2.98. The summed E-state index contributed by atoms with van der Waals surface area (Å²) in [4.78, 5) is 37.9. The first-order chi connectivity index (χ1) is 14.8. The number of hydrogen-bond donors (Lipinski definition) is 0. The minimum absolute atomic E-state index is 0.00450. The zero-order valence-corrected chi connectivity index (χ0v) is 18.7. The molecular weight excluding hydrogens is 397 g/mol. The van der Waals surface area contributed by atoms with E-state index >= 15 is 0 Å². The molecule has 2 aliphatic heterocycles. The van der Waals surface area contributed by atoms with Crippen LogP contribution in [0.3, 0.4) is 0 Å². The fourth-order valence-electron chi connectivity index (χ4n) is 5.52. The van der Waals surface area contributed by atoms with Gasteiger partial charge in [-0.1, -0.05) is 19.3 Å². The standard InChI is InChI=1S/C23H30FN5O2/c1-13-11-28-18(12-26(13)3)22(30)29(15-8-6-5-7-9-15)20-19(28)16-10-17(24)14(2)25-21(16)27(4)23(20)31/h10,13,15,18H,5-9,11-12H2,1-4H3. The SMILES string of the molecule is Cc1nc2c(cc1F)c1c(c(=O)n2C)N(C2CCCCC2)C(=O)C2CN(C)C(C)CN12. The van der Waals surface area contributed by atoms with Crippen LogP contribution in [0.5, 0.6) is 0 Å². The van der Waals surface area contributed by atoms with Gasteiger partial charge in [0.1, 0.15) is 23.2 Å². The molecule has 1 saturated heterocycles. The maximum absolute atomic E-state index is 14.7. The quantitative estimate of drug-likeness (QED) is 0.700. The number of anilines is 2. The first-order valence-corrected chi connectivity index (χ1v) is 11.3. The number of piperazine rings is 1. The van der Waals surface area contributed by atoms with Gasteiger partial charge in [-0.25, -0.2) is 9.37 Å². The summed E-state index contributed by atoms with van der Waals surface area (Å²) < 4.78 is 16.2. The lowest BCUT2D eigenvalue weighted by Gasteiger charge is -2.51. The maximum atomic E-state index is 14.7. The van der Waals surface area contributed by atoms with E-state index < -0.39 is 5.82 Å². The number of aryl methyl sites for hydroxylation is 2. The number of carbonyl (C=O) groups is 1. The monoisotopic (exact) mass is 427 g/mol. The smallest absolute Gasteiger partial charge is 0.278 e. The Kier molecular flexibility index (Phi) is 4.80. The first kappa shape index (κ1) is 20.4. The average molecular weight is 428 g/mol.